The summed E-state index contributed by atoms with van der Waals surface area (Å²) in [6.45, 7) is 0.0515. The second-order valence-corrected chi connectivity index (χ2v) is 7.50. The lowest BCUT2D eigenvalue weighted by Gasteiger charge is -2.25. The molecule has 4 rings (SSSR count). The molecule has 0 radical (unpaired) electrons. The summed E-state index contributed by atoms with van der Waals surface area (Å²) < 4.78 is 24.1. The van der Waals surface area contributed by atoms with E-state index < -0.39 is 17.9 Å². The number of hydrazine groups is 1. The number of benzene rings is 2. The van der Waals surface area contributed by atoms with Crippen molar-refractivity contribution in [3.63, 3.8) is 0 Å². The summed E-state index contributed by atoms with van der Waals surface area (Å²) in [5.41, 5.74) is 5.55. The summed E-state index contributed by atoms with van der Waals surface area (Å²) in [4.78, 5) is 26.0. The second kappa shape index (κ2) is 8.79. The Balaban J connectivity index is 1.28. The molecule has 0 saturated heterocycles. The van der Waals surface area contributed by atoms with Gasteiger partial charge in [0.15, 0.2) is 11.5 Å². The predicted octanol–water partition coefficient (Wildman–Crippen LogP) is 3.55. The lowest BCUT2D eigenvalue weighted by Crippen LogP contribution is -2.50. The maximum Gasteiger partial charge on any atom is 0.283 e. The van der Waals surface area contributed by atoms with E-state index >= 15 is 0 Å². The highest BCUT2D eigenvalue weighted by molar-refractivity contribution is 7.16. The first-order chi connectivity index (χ1) is 14.6. The van der Waals surface area contributed by atoms with E-state index in [1.165, 1.54) is 29.5 Å². The molecule has 30 heavy (non-hydrogen) atoms. The van der Waals surface area contributed by atoms with Crippen LogP contribution in [-0.4, -0.2) is 24.5 Å². The molecule has 0 fully saturated rings. The maximum atomic E-state index is 13.0. The molecule has 0 spiro atoms. The van der Waals surface area contributed by atoms with E-state index in [-0.39, 0.29) is 12.4 Å². The number of hydrogen-bond donors (Lipinski definition) is 2. The highest BCUT2D eigenvalue weighted by atomic mass is 32.1. The number of nitrogens with one attached hydrogen (secondary N) is 2. The Kier molecular flexibility index (Phi) is 5.76. The summed E-state index contributed by atoms with van der Waals surface area (Å²) >= 11 is 1.46. The van der Waals surface area contributed by atoms with Gasteiger partial charge in [0.05, 0.1) is 0 Å². The van der Waals surface area contributed by atoms with Gasteiger partial charge in [-0.05, 0) is 48.0 Å². The van der Waals surface area contributed by atoms with E-state index in [0.29, 0.717) is 11.5 Å². The van der Waals surface area contributed by atoms with Crippen molar-refractivity contribution in [3.8, 4) is 21.9 Å². The zero-order valence-electron chi connectivity index (χ0n) is 15.6. The van der Waals surface area contributed by atoms with Crippen molar-refractivity contribution in [2.75, 3.05) is 6.61 Å². The molecule has 2 aromatic carbocycles. The summed E-state index contributed by atoms with van der Waals surface area (Å²) in [6.07, 6.45) is 2.09. The third-order valence-corrected chi connectivity index (χ3v) is 5.36. The zero-order chi connectivity index (χ0) is 20.9. The van der Waals surface area contributed by atoms with Gasteiger partial charge in [-0.2, -0.15) is 0 Å². The fourth-order valence-electron chi connectivity index (χ4n) is 2.76. The van der Waals surface area contributed by atoms with Gasteiger partial charge >= 0.3 is 0 Å². The average molecular weight is 424 g/mol. The average Bonchev–Trinajstić information content (AvgIpc) is 3.25. The highest BCUT2D eigenvalue weighted by Crippen LogP contribution is 2.31. The first kappa shape index (κ1) is 19.7. The topological polar surface area (TPSA) is 76.7 Å². The number of hydrogen-bond acceptors (Lipinski definition) is 5. The third kappa shape index (κ3) is 4.66. The van der Waals surface area contributed by atoms with Crippen molar-refractivity contribution in [1.82, 2.24) is 10.9 Å². The number of carbonyl (C=O) groups excluding carboxylic acids is 2. The van der Waals surface area contributed by atoms with Gasteiger partial charge in [0, 0.05) is 15.8 Å². The number of carbonyl (C=O) groups is 2. The quantitative estimate of drug-likeness (QED) is 0.496. The van der Waals surface area contributed by atoms with E-state index in [2.05, 4.69) is 10.9 Å². The van der Waals surface area contributed by atoms with Crippen molar-refractivity contribution < 1.29 is 23.5 Å². The first-order valence-electron chi connectivity index (χ1n) is 9.11. The van der Waals surface area contributed by atoms with Crippen LogP contribution >= 0.6 is 11.3 Å². The Morgan fingerprint density at radius 2 is 1.77 bits per heavy atom. The summed E-state index contributed by atoms with van der Waals surface area (Å²) in [5.74, 6) is -0.240. The molecule has 0 aliphatic carbocycles. The minimum Gasteiger partial charge on any atom is -0.485 e. The molecular formula is C22H17FN2O4S. The molecule has 1 atom stereocenters. The summed E-state index contributed by atoms with van der Waals surface area (Å²) in [6, 6.07) is 17.0. The van der Waals surface area contributed by atoms with E-state index in [1.54, 1.807) is 36.4 Å². The minimum absolute atomic E-state index is 0.0515. The number of amides is 2. The molecule has 1 aromatic heterocycles. The number of fused-ring (bicyclic) bond motifs is 1. The molecule has 1 aliphatic heterocycles. The molecule has 6 nitrogen and oxygen atoms in total. The van der Waals surface area contributed by atoms with Crippen LogP contribution < -0.4 is 20.3 Å². The molecule has 0 saturated carbocycles. The second-order valence-electron chi connectivity index (χ2n) is 6.38. The summed E-state index contributed by atoms with van der Waals surface area (Å²) in [7, 11) is 0. The first-order valence-corrected chi connectivity index (χ1v) is 9.92. The van der Waals surface area contributed by atoms with E-state index in [0.717, 1.165) is 15.3 Å². The molecule has 8 heteroatoms. The molecule has 2 N–H and O–H groups in total. The third-order valence-electron chi connectivity index (χ3n) is 4.26. The summed E-state index contributed by atoms with van der Waals surface area (Å²) in [5, 5.41) is 0. The smallest absolute Gasteiger partial charge is 0.283 e. The van der Waals surface area contributed by atoms with E-state index in [1.807, 2.05) is 18.2 Å². The van der Waals surface area contributed by atoms with Crippen LogP contribution in [0.3, 0.4) is 0 Å². The van der Waals surface area contributed by atoms with Crippen LogP contribution in [0.1, 0.15) is 4.88 Å². The number of halogens is 1. The number of thiophene rings is 1. The Bertz CT molecular complexity index is 1090. The molecular weight excluding hydrogens is 407 g/mol. The molecule has 152 valence electrons. The largest absolute Gasteiger partial charge is 0.485 e. The Morgan fingerprint density at radius 1 is 1.00 bits per heavy atom. The fourth-order valence-corrected chi connectivity index (χ4v) is 3.68. The van der Waals surface area contributed by atoms with Crippen molar-refractivity contribution in [2.24, 2.45) is 0 Å². The van der Waals surface area contributed by atoms with Crippen molar-refractivity contribution in [1.29, 1.82) is 0 Å². The van der Waals surface area contributed by atoms with Gasteiger partial charge in [-0.3, -0.25) is 20.4 Å². The van der Waals surface area contributed by atoms with Gasteiger partial charge in [0.25, 0.3) is 11.8 Å². The highest BCUT2D eigenvalue weighted by Gasteiger charge is 2.27. The van der Waals surface area contributed by atoms with Crippen LogP contribution in [0.4, 0.5) is 4.39 Å². The molecule has 2 heterocycles. The fraction of sp³-hybridized carbons (Fsp3) is 0.0909. The van der Waals surface area contributed by atoms with Gasteiger partial charge in [-0.25, -0.2) is 4.39 Å². The van der Waals surface area contributed by atoms with Gasteiger partial charge in [-0.15, -0.1) is 11.3 Å². The monoisotopic (exact) mass is 424 g/mol. The van der Waals surface area contributed by atoms with Gasteiger partial charge in [0.1, 0.15) is 12.4 Å². The SMILES string of the molecule is O=C(/C=C/c1ccc(-c2ccc(F)cc2)s1)NNC(=O)C1COc2ccccc2O1. The normalized spacial score (nSPS) is 15.0. The predicted molar refractivity (Wildman–Crippen MR) is 111 cm³/mol. The Labute approximate surface area is 175 Å². The molecule has 2 amide bonds. The van der Waals surface area contributed by atoms with Crippen LogP contribution in [-0.2, 0) is 9.59 Å². The van der Waals surface area contributed by atoms with Crippen LogP contribution in [0.2, 0.25) is 0 Å². The van der Waals surface area contributed by atoms with Gasteiger partial charge in [0.2, 0.25) is 6.10 Å². The van der Waals surface area contributed by atoms with Gasteiger partial charge in [-0.1, -0.05) is 24.3 Å². The molecule has 1 aliphatic rings. The van der Waals surface area contributed by atoms with Crippen LogP contribution in [0, 0.1) is 5.82 Å². The Morgan fingerprint density at radius 3 is 2.57 bits per heavy atom. The lowest BCUT2D eigenvalue weighted by molar-refractivity contribution is -0.134. The Hall–Kier alpha value is -3.65. The van der Waals surface area contributed by atoms with Crippen molar-refractivity contribution >= 4 is 29.2 Å². The van der Waals surface area contributed by atoms with Crippen LogP contribution in [0.5, 0.6) is 11.5 Å². The number of para-hydroxylation sites is 2. The van der Waals surface area contributed by atoms with Crippen molar-refractivity contribution in [2.45, 2.75) is 6.10 Å². The maximum absolute atomic E-state index is 13.0. The zero-order valence-corrected chi connectivity index (χ0v) is 16.4. The number of rotatable bonds is 4. The van der Waals surface area contributed by atoms with Crippen LogP contribution in [0.15, 0.2) is 66.7 Å². The molecule has 0 bridgehead atoms. The lowest BCUT2D eigenvalue weighted by atomic mass is 10.2. The minimum atomic E-state index is -0.861. The number of ether oxygens (including phenoxy) is 2. The molecule has 3 aromatic rings. The molecule has 1 unspecified atom stereocenters. The van der Waals surface area contributed by atoms with Gasteiger partial charge < -0.3 is 9.47 Å². The van der Waals surface area contributed by atoms with Crippen molar-refractivity contribution in [3.05, 3.63) is 77.4 Å². The van der Waals surface area contributed by atoms with E-state index in [4.69, 9.17) is 9.47 Å². The van der Waals surface area contributed by atoms with Crippen LogP contribution in [0.25, 0.3) is 16.5 Å². The van der Waals surface area contributed by atoms with E-state index in [9.17, 15) is 14.0 Å². The standard InChI is InChI=1S/C22H17FN2O4S/c23-15-7-5-14(6-8-15)20-11-9-16(30-20)10-12-21(26)24-25-22(27)19-13-28-17-3-1-2-4-18(17)29-19/h1-12,19H,13H2,(H,24,26)(H,25,27)/b12-10+.